The van der Waals surface area contributed by atoms with E-state index < -0.39 is 0 Å². The quantitative estimate of drug-likeness (QED) is 0.560. The van der Waals surface area contributed by atoms with Gasteiger partial charge in [0, 0.05) is 17.8 Å². The highest BCUT2D eigenvalue weighted by Gasteiger charge is 2.04. The van der Waals surface area contributed by atoms with E-state index in [1.54, 1.807) is 6.20 Å². The van der Waals surface area contributed by atoms with Crippen LogP contribution in [0.15, 0.2) is 18.0 Å². The van der Waals surface area contributed by atoms with E-state index in [0.717, 1.165) is 17.4 Å². The summed E-state index contributed by atoms with van der Waals surface area (Å²) in [5.74, 6) is 0.255. The fourth-order valence-corrected chi connectivity index (χ4v) is 1.24. The van der Waals surface area contributed by atoms with Gasteiger partial charge >= 0.3 is 0 Å². The molecule has 0 aliphatic rings. The first-order chi connectivity index (χ1) is 7.04. The number of nitrogens with zero attached hydrogens (tertiary/aromatic N) is 2. The van der Waals surface area contributed by atoms with Gasteiger partial charge in [-0.1, -0.05) is 13.8 Å². The Bertz CT molecular complexity index is 361. The molecule has 0 aromatic carbocycles. The molecule has 0 saturated carbocycles. The second-order valence-corrected chi connectivity index (χ2v) is 4.26. The van der Waals surface area contributed by atoms with Crippen molar-refractivity contribution in [1.29, 1.82) is 0 Å². The van der Waals surface area contributed by atoms with E-state index in [4.69, 9.17) is 0 Å². The molecule has 0 atom stereocenters. The predicted molar refractivity (Wildman–Crippen MR) is 61.5 cm³/mol. The highest BCUT2D eigenvalue weighted by Crippen LogP contribution is 2.13. The fraction of sp³-hybridized carbons (Fsp3) is 0.500. The molecule has 15 heavy (non-hydrogen) atoms. The molecular weight excluding hydrogens is 188 g/mol. The van der Waals surface area contributed by atoms with Gasteiger partial charge in [-0.3, -0.25) is 9.48 Å². The SMILES string of the molecule is CC(C)C(C=O)=Cc1cnn(C(C)C)c1. The molecule has 1 heterocycles. The summed E-state index contributed by atoms with van der Waals surface area (Å²) in [7, 11) is 0. The molecule has 0 aliphatic carbocycles. The molecular formula is C12H18N2O. The minimum Gasteiger partial charge on any atom is -0.298 e. The van der Waals surface area contributed by atoms with E-state index in [0.29, 0.717) is 6.04 Å². The third-order valence-electron chi connectivity index (χ3n) is 2.29. The lowest BCUT2D eigenvalue weighted by Gasteiger charge is -2.03. The highest BCUT2D eigenvalue weighted by molar-refractivity contribution is 5.81. The fourth-order valence-electron chi connectivity index (χ4n) is 1.24. The summed E-state index contributed by atoms with van der Waals surface area (Å²) in [6.07, 6.45) is 6.54. The molecule has 82 valence electrons. The van der Waals surface area contributed by atoms with Gasteiger partial charge in [0.25, 0.3) is 0 Å². The summed E-state index contributed by atoms with van der Waals surface area (Å²) in [5, 5.41) is 4.22. The van der Waals surface area contributed by atoms with Gasteiger partial charge in [0.1, 0.15) is 6.29 Å². The first kappa shape index (κ1) is 11.7. The lowest BCUT2D eigenvalue weighted by atomic mass is 10.0. The maximum atomic E-state index is 10.8. The van der Waals surface area contributed by atoms with Crippen molar-refractivity contribution in [3.63, 3.8) is 0 Å². The van der Waals surface area contributed by atoms with Crippen LogP contribution in [0.25, 0.3) is 6.08 Å². The standard InChI is InChI=1S/C12H18N2O/c1-9(2)12(8-15)5-11-6-13-14(7-11)10(3)4/h5-10H,1-4H3. The number of aromatic nitrogens is 2. The molecule has 1 rings (SSSR count). The second kappa shape index (κ2) is 4.91. The normalized spacial score (nSPS) is 12.5. The largest absolute Gasteiger partial charge is 0.298 e. The minimum absolute atomic E-state index is 0.255. The van der Waals surface area contributed by atoms with E-state index in [-0.39, 0.29) is 5.92 Å². The zero-order valence-corrected chi connectivity index (χ0v) is 9.77. The molecule has 0 bridgehead atoms. The van der Waals surface area contributed by atoms with Crippen LogP contribution in [0.5, 0.6) is 0 Å². The molecule has 0 fully saturated rings. The average Bonchev–Trinajstić information content (AvgIpc) is 2.61. The predicted octanol–water partition coefficient (Wildman–Crippen LogP) is 2.70. The zero-order chi connectivity index (χ0) is 11.4. The Balaban J connectivity index is 2.92. The number of carbonyl (C=O) groups excluding carboxylic acids is 1. The molecule has 1 aromatic heterocycles. The first-order valence-electron chi connectivity index (χ1n) is 5.25. The van der Waals surface area contributed by atoms with Crippen molar-refractivity contribution in [1.82, 2.24) is 9.78 Å². The monoisotopic (exact) mass is 206 g/mol. The van der Waals surface area contributed by atoms with Crippen molar-refractivity contribution in [3.8, 4) is 0 Å². The maximum Gasteiger partial charge on any atom is 0.146 e. The van der Waals surface area contributed by atoms with Gasteiger partial charge in [-0.2, -0.15) is 5.10 Å². The molecule has 3 nitrogen and oxygen atoms in total. The van der Waals surface area contributed by atoms with Crippen LogP contribution in [-0.4, -0.2) is 16.1 Å². The van der Waals surface area contributed by atoms with Crippen LogP contribution in [-0.2, 0) is 4.79 Å². The number of allylic oxidation sites excluding steroid dienone is 1. The summed E-state index contributed by atoms with van der Waals surface area (Å²) in [4.78, 5) is 10.8. The third-order valence-corrected chi connectivity index (χ3v) is 2.29. The van der Waals surface area contributed by atoms with Crippen LogP contribution < -0.4 is 0 Å². The summed E-state index contributed by atoms with van der Waals surface area (Å²) in [5.41, 5.74) is 1.79. The third kappa shape index (κ3) is 3.05. The van der Waals surface area contributed by atoms with Crippen molar-refractivity contribution >= 4 is 12.4 Å². The van der Waals surface area contributed by atoms with Gasteiger partial charge < -0.3 is 0 Å². The van der Waals surface area contributed by atoms with Crippen molar-refractivity contribution in [2.75, 3.05) is 0 Å². The molecule has 3 heteroatoms. The second-order valence-electron chi connectivity index (χ2n) is 4.26. The smallest absolute Gasteiger partial charge is 0.146 e. The van der Waals surface area contributed by atoms with E-state index >= 15 is 0 Å². The Morgan fingerprint density at radius 1 is 1.40 bits per heavy atom. The van der Waals surface area contributed by atoms with Crippen molar-refractivity contribution < 1.29 is 4.79 Å². The van der Waals surface area contributed by atoms with Crippen molar-refractivity contribution in [2.24, 2.45) is 5.92 Å². The summed E-state index contributed by atoms with van der Waals surface area (Å²) >= 11 is 0. The van der Waals surface area contributed by atoms with E-state index in [1.165, 1.54) is 0 Å². The Labute approximate surface area is 90.8 Å². The molecule has 0 saturated heterocycles. The lowest BCUT2D eigenvalue weighted by Crippen LogP contribution is -1.99. The molecule has 0 amide bonds. The van der Waals surface area contributed by atoms with E-state index in [1.807, 2.05) is 30.8 Å². The van der Waals surface area contributed by atoms with Crippen molar-refractivity contribution in [3.05, 3.63) is 23.5 Å². The van der Waals surface area contributed by atoms with Crippen LogP contribution >= 0.6 is 0 Å². The van der Waals surface area contributed by atoms with Crippen LogP contribution in [0, 0.1) is 5.92 Å². The maximum absolute atomic E-state index is 10.8. The molecule has 0 aliphatic heterocycles. The highest BCUT2D eigenvalue weighted by atomic mass is 16.1. The van der Waals surface area contributed by atoms with Gasteiger partial charge in [0.05, 0.1) is 6.20 Å². The summed E-state index contributed by atoms with van der Waals surface area (Å²) in [6.45, 7) is 8.16. The Morgan fingerprint density at radius 3 is 2.47 bits per heavy atom. The number of hydrogen-bond donors (Lipinski definition) is 0. The Morgan fingerprint density at radius 2 is 2.07 bits per heavy atom. The van der Waals surface area contributed by atoms with Gasteiger partial charge in [0.2, 0.25) is 0 Å². The Kier molecular flexibility index (Phi) is 3.83. The molecule has 1 aromatic rings. The number of rotatable bonds is 4. The van der Waals surface area contributed by atoms with Gasteiger partial charge in [0.15, 0.2) is 0 Å². The van der Waals surface area contributed by atoms with Gasteiger partial charge in [-0.25, -0.2) is 0 Å². The molecule has 0 N–H and O–H groups in total. The average molecular weight is 206 g/mol. The number of carbonyl (C=O) groups is 1. The summed E-state index contributed by atoms with van der Waals surface area (Å²) in [6, 6.07) is 0.353. The first-order valence-corrected chi connectivity index (χ1v) is 5.25. The van der Waals surface area contributed by atoms with Crippen LogP contribution in [0.2, 0.25) is 0 Å². The zero-order valence-electron chi connectivity index (χ0n) is 9.77. The van der Waals surface area contributed by atoms with Gasteiger partial charge in [-0.15, -0.1) is 0 Å². The molecule has 0 spiro atoms. The van der Waals surface area contributed by atoms with Gasteiger partial charge in [-0.05, 0) is 31.4 Å². The number of hydrogen-bond acceptors (Lipinski definition) is 2. The van der Waals surface area contributed by atoms with Crippen molar-refractivity contribution in [2.45, 2.75) is 33.7 Å². The van der Waals surface area contributed by atoms with Crippen LogP contribution in [0.3, 0.4) is 0 Å². The lowest BCUT2D eigenvalue weighted by molar-refractivity contribution is -0.105. The molecule has 0 unspecified atom stereocenters. The molecule has 0 radical (unpaired) electrons. The topological polar surface area (TPSA) is 34.9 Å². The van der Waals surface area contributed by atoms with Crippen LogP contribution in [0.1, 0.15) is 39.3 Å². The van der Waals surface area contributed by atoms with E-state index in [9.17, 15) is 4.79 Å². The van der Waals surface area contributed by atoms with E-state index in [2.05, 4.69) is 18.9 Å². The number of aldehydes is 1. The summed E-state index contributed by atoms with van der Waals surface area (Å²) < 4.78 is 1.88. The minimum atomic E-state index is 0.255. The Hall–Kier alpha value is -1.38. The van der Waals surface area contributed by atoms with Crippen LogP contribution in [0.4, 0.5) is 0 Å².